The zero-order chi connectivity index (χ0) is 14.1. The van der Waals surface area contributed by atoms with Crippen molar-refractivity contribution in [2.75, 3.05) is 0 Å². The second kappa shape index (κ2) is 5.12. The van der Waals surface area contributed by atoms with E-state index in [2.05, 4.69) is 19.1 Å². The molecule has 1 amide bonds. The Morgan fingerprint density at radius 3 is 2.35 bits per heavy atom. The fraction of sp³-hybridized carbons (Fsp3) is 0.278. The minimum Gasteiger partial charge on any atom is -0.366 e. The summed E-state index contributed by atoms with van der Waals surface area (Å²) in [5.74, 6) is 0.191. The average molecular weight is 265 g/mol. The van der Waals surface area contributed by atoms with Gasteiger partial charge < -0.3 is 5.73 Å². The maximum Gasteiger partial charge on any atom is 0.248 e. The summed E-state index contributed by atoms with van der Waals surface area (Å²) in [5, 5.41) is 0. The topological polar surface area (TPSA) is 43.1 Å². The summed E-state index contributed by atoms with van der Waals surface area (Å²) in [6.45, 7) is 2.11. The molecule has 0 bridgehead atoms. The Labute approximate surface area is 119 Å². The lowest BCUT2D eigenvalue weighted by Gasteiger charge is -2.30. The summed E-state index contributed by atoms with van der Waals surface area (Å²) >= 11 is 0. The van der Waals surface area contributed by atoms with E-state index in [1.165, 1.54) is 41.5 Å². The molecule has 1 aliphatic carbocycles. The van der Waals surface area contributed by atoms with Crippen LogP contribution in [-0.4, -0.2) is 5.91 Å². The molecule has 0 atom stereocenters. The molecule has 3 rings (SSSR count). The van der Waals surface area contributed by atoms with Crippen LogP contribution in [0.15, 0.2) is 42.5 Å². The molecule has 0 radical (unpaired) electrons. The monoisotopic (exact) mass is 265 g/mol. The molecule has 1 saturated carbocycles. The molecule has 2 aromatic carbocycles. The quantitative estimate of drug-likeness (QED) is 0.894. The molecule has 2 N–H and O–H groups in total. The van der Waals surface area contributed by atoms with Gasteiger partial charge in [0.05, 0.1) is 0 Å². The predicted octanol–water partition coefficient (Wildman–Crippen LogP) is 4.03. The van der Waals surface area contributed by atoms with Gasteiger partial charge in [0.25, 0.3) is 0 Å². The molecule has 2 heteroatoms. The van der Waals surface area contributed by atoms with Gasteiger partial charge in [-0.05, 0) is 54.0 Å². The molecule has 102 valence electrons. The minimum atomic E-state index is -0.311. The highest BCUT2D eigenvalue weighted by molar-refractivity contribution is 5.96. The molecule has 1 fully saturated rings. The molecule has 2 aromatic rings. The third-order valence-electron chi connectivity index (χ3n) is 4.38. The van der Waals surface area contributed by atoms with Crippen molar-refractivity contribution in [2.45, 2.75) is 32.1 Å². The van der Waals surface area contributed by atoms with Crippen molar-refractivity contribution in [1.82, 2.24) is 0 Å². The smallest absolute Gasteiger partial charge is 0.248 e. The van der Waals surface area contributed by atoms with E-state index in [0.717, 1.165) is 0 Å². The Morgan fingerprint density at radius 1 is 1.10 bits per heavy atom. The first-order valence-corrected chi connectivity index (χ1v) is 7.17. The van der Waals surface area contributed by atoms with E-state index in [1.807, 2.05) is 30.3 Å². The van der Waals surface area contributed by atoms with E-state index in [-0.39, 0.29) is 5.91 Å². The van der Waals surface area contributed by atoms with Crippen LogP contribution in [-0.2, 0) is 0 Å². The van der Waals surface area contributed by atoms with Crippen molar-refractivity contribution >= 4 is 5.91 Å². The number of hydrogen-bond acceptors (Lipinski definition) is 1. The standard InChI is InChI=1S/C18H19NO/c1-12-15(13-6-3-2-4-7-13)10-11-16(18(19)20)17(12)14-8-5-9-14/h2-4,6-7,10-11,14H,5,8-9H2,1H3,(H2,19,20). The first-order valence-electron chi connectivity index (χ1n) is 7.17. The first-order chi connectivity index (χ1) is 9.68. The molecule has 2 nitrogen and oxygen atoms in total. The highest BCUT2D eigenvalue weighted by Gasteiger charge is 2.26. The second-order valence-corrected chi connectivity index (χ2v) is 5.56. The summed E-state index contributed by atoms with van der Waals surface area (Å²) in [4.78, 5) is 11.7. The van der Waals surface area contributed by atoms with Gasteiger partial charge in [0.15, 0.2) is 0 Å². The van der Waals surface area contributed by atoms with Gasteiger partial charge in [-0.2, -0.15) is 0 Å². The number of nitrogens with two attached hydrogens (primary N) is 1. The minimum absolute atomic E-state index is 0.311. The molecule has 0 heterocycles. The molecule has 0 aromatic heterocycles. The molecule has 0 unspecified atom stereocenters. The lowest BCUT2D eigenvalue weighted by Crippen LogP contribution is -2.20. The maximum absolute atomic E-state index is 11.7. The Hall–Kier alpha value is -2.09. The van der Waals surface area contributed by atoms with E-state index in [0.29, 0.717) is 11.5 Å². The van der Waals surface area contributed by atoms with Crippen LogP contribution >= 0.6 is 0 Å². The molecule has 0 spiro atoms. The highest BCUT2D eigenvalue weighted by Crippen LogP contribution is 2.42. The maximum atomic E-state index is 11.7. The van der Waals surface area contributed by atoms with Crippen molar-refractivity contribution in [3.05, 3.63) is 59.2 Å². The number of carbonyl (C=O) groups excluding carboxylic acids is 1. The summed E-state index contributed by atoms with van der Waals surface area (Å²) in [7, 11) is 0. The third kappa shape index (κ3) is 2.11. The number of rotatable bonds is 3. The average Bonchev–Trinajstić information content (AvgIpc) is 2.39. The molecular formula is C18H19NO. The van der Waals surface area contributed by atoms with Crippen LogP contribution in [0, 0.1) is 6.92 Å². The zero-order valence-electron chi connectivity index (χ0n) is 11.7. The summed E-state index contributed by atoms with van der Waals surface area (Å²) in [6.07, 6.45) is 3.58. The molecule has 20 heavy (non-hydrogen) atoms. The fourth-order valence-electron chi connectivity index (χ4n) is 3.10. The van der Waals surface area contributed by atoms with Gasteiger partial charge in [0.2, 0.25) is 5.91 Å². The van der Waals surface area contributed by atoms with E-state index in [1.54, 1.807) is 0 Å². The van der Waals surface area contributed by atoms with Gasteiger partial charge in [-0.15, -0.1) is 0 Å². The number of carbonyl (C=O) groups is 1. The largest absolute Gasteiger partial charge is 0.366 e. The molecule has 1 aliphatic rings. The Morgan fingerprint density at radius 2 is 1.80 bits per heavy atom. The Kier molecular flexibility index (Phi) is 3.31. The number of hydrogen-bond donors (Lipinski definition) is 1. The van der Waals surface area contributed by atoms with Gasteiger partial charge in [-0.3, -0.25) is 4.79 Å². The fourth-order valence-corrected chi connectivity index (χ4v) is 3.10. The summed E-state index contributed by atoms with van der Waals surface area (Å²) < 4.78 is 0. The molecular weight excluding hydrogens is 246 g/mol. The van der Waals surface area contributed by atoms with E-state index < -0.39 is 0 Å². The normalized spacial score (nSPS) is 14.8. The van der Waals surface area contributed by atoms with Crippen LogP contribution in [0.2, 0.25) is 0 Å². The van der Waals surface area contributed by atoms with E-state index in [9.17, 15) is 4.79 Å². The van der Waals surface area contributed by atoms with Crippen LogP contribution in [0.25, 0.3) is 11.1 Å². The molecule has 0 aliphatic heterocycles. The lowest BCUT2D eigenvalue weighted by molar-refractivity contribution is 0.0998. The summed E-state index contributed by atoms with van der Waals surface area (Å²) in [6, 6.07) is 14.2. The zero-order valence-corrected chi connectivity index (χ0v) is 11.7. The van der Waals surface area contributed by atoms with Crippen LogP contribution in [0.1, 0.15) is 46.7 Å². The lowest BCUT2D eigenvalue weighted by atomic mass is 9.75. The van der Waals surface area contributed by atoms with Crippen LogP contribution < -0.4 is 5.73 Å². The third-order valence-corrected chi connectivity index (χ3v) is 4.38. The Bertz CT molecular complexity index is 642. The number of benzene rings is 2. The highest BCUT2D eigenvalue weighted by atomic mass is 16.1. The van der Waals surface area contributed by atoms with Gasteiger partial charge >= 0.3 is 0 Å². The number of amides is 1. The van der Waals surface area contributed by atoms with E-state index in [4.69, 9.17) is 5.73 Å². The Balaban J connectivity index is 2.16. The molecule has 0 saturated heterocycles. The van der Waals surface area contributed by atoms with Crippen molar-refractivity contribution in [2.24, 2.45) is 5.73 Å². The van der Waals surface area contributed by atoms with E-state index >= 15 is 0 Å². The van der Waals surface area contributed by atoms with Crippen LogP contribution in [0.4, 0.5) is 0 Å². The van der Waals surface area contributed by atoms with Crippen molar-refractivity contribution < 1.29 is 4.79 Å². The van der Waals surface area contributed by atoms with Crippen molar-refractivity contribution in [3.63, 3.8) is 0 Å². The van der Waals surface area contributed by atoms with Gasteiger partial charge in [0, 0.05) is 5.56 Å². The van der Waals surface area contributed by atoms with Crippen molar-refractivity contribution in [3.8, 4) is 11.1 Å². The number of primary amides is 1. The van der Waals surface area contributed by atoms with Gasteiger partial charge in [-0.1, -0.05) is 42.8 Å². The van der Waals surface area contributed by atoms with Crippen molar-refractivity contribution in [1.29, 1.82) is 0 Å². The summed E-state index contributed by atoms with van der Waals surface area (Å²) in [5.41, 5.74) is 11.0. The second-order valence-electron chi connectivity index (χ2n) is 5.56. The van der Waals surface area contributed by atoms with Gasteiger partial charge in [0.1, 0.15) is 0 Å². The van der Waals surface area contributed by atoms with Gasteiger partial charge in [-0.25, -0.2) is 0 Å². The van der Waals surface area contributed by atoms with Crippen LogP contribution in [0.3, 0.4) is 0 Å². The predicted molar refractivity (Wildman–Crippen MR) is 81.7 cm³/mol. The SMILES string of the molecule is Cc1c(-c2ccccc2)ccc(C(N)=O)c1C1CCC1. The first kappa shape index (κ1) is 12.9. The van der Waals surface area contributed by atoms with Crippen LogP contribution in [0.5, 0.6) is 0 Å².